The Kier molecular flexibility index (Phi) is 2.63. The van der Waals surface area contributed by atoms with Crippen molar-refractivity contribution in [3.8, 4) is 12.3 Å². The molecule has 3 saturated heterocycles. The summed E-state index contributed by atoms with van der Waals surface area (Å²) in [6.07, 6.45) is 12.3. The van der Waals surface area contributed by atoms with E-state index < -0.39 is 0 Å². The molecule has 19 heavy (non-hydrogen) atoms. The molecule has 0 aromatic carbocycles. The van der Waals surface area contributed by atoms with Gasteiger partial charge in [-0.3, -0.25) is 0 Å². The van der Waals surface area contributed by atoms with Crippen molar-refractivity contribution in [3.63, 3.8) is 0 Å². The molecule has 0 N–H and O–H groups in total. The number of ether oxygens (including phenoxy) is 2. The van der Waals surface area contributed by atoms with E-state index in [1.165, 1.54) is 0 Å². The van der Waals surface area contributed by atoms with Crippen LogP contribution in [0.25, 0.3) is 0 Å². The van der Waals surface area contributed by atoms with E-state index in [4.69, 9.17) is 15.9 Å². The molecule has 1 aliphatic carbocycles. The number of halogens is 2. The van der Waals surface area contributed by atoms with Gasteiger partial charge in [-0.2, -0.15) is 0 Å². The van der Waals surface area contributed by atoms with Crippen LogP contribution >= 0.6 is 31.9 Å². The Morgan fingerprint density at radius 2 is 2.21 bits per heavy atom. The molecule has 0 radical (unpaired) electrons. The van der Waals surface area contributed by atoms with Gasteiger partial charge in [0, 0.05) is 24.2 Å². The number of terminal acetylenes is 1. The number of alkyl halides is 2. The van der Waals surface area contributed by atoms with E-state index in [1.807, 2.05) is 6.08 Å². The number of rotatable bonds is 2. The Morgan fingerprint density at radius 3 is 2.89 bits per heavy atom. The lowest BCUT2D eigenvalue weighted by Crippen LogP contribution is -2.47. The summed E-state index contributed by atoms with van der Waals surface area (Å²) >= 11 is 7.95. The summed E-state index contributed by atoms with van der Waals surface area (Å²) in [4.78, 5) is 0. The molecule has 4 aliphatic rings. The number of fused-ring (bicyclic) bond motifs is 2. The second-order valence-corrected chi connectivity index (χ2v) is 8.64. The molecule has 2 nitrogen and oxygen atoms in total. The average molecular weight is 388 g/mol. The van der Waals surface area contributed by atoms with Crippen molar-refractivity contribution >= 4 is 31.9 Å². The third kappa shape index (κ3) is 1.27. The molecular formula is C15H16Br2O2. The molecule has 4 heteroatoms. The van der Waals surface area contributed by atoms with E-state index in [9.17, 15) is 0 Å². The molecule has 4 rings (SSSR count). The van der Waals surface area contributed by atoms with Gasteiger partial charge in [-0.15, -0.1) is 6.42 Å². The summed E-state index contributed by atoms with van der Waals surface area (Å²) in [5.41, 5.74) is 0. The second-order valence-electron chi connectivity index (χ2n) is 6.05. The molecule has 0 aromatic rings. The number of allylic oxidation sites excluding steroid dienone is 2. The molecule has 3 aliphatic heterocycles. The fourth-order valence-electron chi connectivity index (χ4n) is 4.87. The van der Waals surface area contributed by atoms with E-state index in [0.717, 1.165) is 12.8 Å². The normalized spacial score (nSPS) is 61.2. The topological polar surface area (TPSA) is 18.5 Å². The van der Waals surface area contributed by atoms with Crippen LogP contribution in [0.2, 0.25) is 0 Å². The van der Waals surface area contributed by atoms with Crippen molar-refractivity contribution in [2.24, 2.45) is 17.8 Å². The molecule has 0 amide bonds. The van der Waals surface area contributed by atoms with Gasteiger partial charge in [0.2, 0.25) is 0 Å². The highest BCUT2D eigenvalue weighted by Crippen LogP contribution is 2.73. The highest BCUT2D eigenvalue weighted by atomic mass is 79.9. The predicted molar refractivity (Wildman–Crippen MR) is 80.2 cm³/mol. The minimum atomic E-state index is -0.316. The van der Waals surface area contributed by atoms with Crippen LogP contribution in [0.4, 0.5) is 0 Å². The fourth-order valence-corrected chi connectivity index (χ4v) is 7.04. The zero-order valence-electron chi connectivity index (χ0n) is 10.7. The highest BCUT2D eigenvalue weighted by molar-refractivity contribution is 9.13. The van der Waals surface area contributed by atoms with Gasteiger partial charge in [0.25, 0.3) is 0 Å². The summed E-state index contributed by atoms with van der Waals surface area (Å²) in [5, 5.41) is 0. The van der Waals surface area contributed by atoms with Gasteiger partial charge in [0.1, 0.15) is 4.51 Å². The van der Waals surface area contributed by atoms with Gasteiger partial charge in [0.15, 0.2) is 0 Å². The second kappa shape index (κ2) is 3.88. The molecule has 2 bridgehead atoms. The smallest absolute Gasteiger partial charge is 0.144 e. The first-order chi connectivity index (χ1) is 9.06. The molecule has 4 fully saturated rings. The van der Waals surface area contributed by atoms with Gasteiger partial charge in [-0.25, -0.2) is 0 Å². The van der Waals surface area contributed by atoms with Crippen molar-refractivity contribution in [1.82, 2.24) is 0 Å². The Balaban J connectivity index is 1.85. The summed E-state index contributed by atoms with van der Waals surface area (Å²) in [5.74, 6) is 3.92. The molecule has 102 valence electrons. The Hall–Kier alpha value is 0.180. The highest BCUT2D eigenvalue weighted by Gasteiger charge is 2.80. The maximum absolute atomic E-state index is 6.39. The van der Waals surface area contributed by atoms with Gasteiger partial charge in [0.05, 0.1) is 22.6 Å². The first kappa shape index (κ1) is 12.9. The predicted octanol–water partition coefficient (Wildman–Crippen LogP) is 3.24. The molecule has 1 saturated carbocycles. The average Bonchev–Trinajstić information content (AvgIpc) is 3.03. The molecule has 8 atom stereocenters. The SMILES string of the molecule is C#C/C=C\[C@H]1C2C3CC4O[C@](Br)(C2C4O3)[C@]1(Br)CC. The molecule has 5 unspecified atom stereocenters. The number of hydrogen-bond acceptors (Lipinski definition) is 2. The van der Waals surface area contributed by atoms with Crippen LogP contribution in [0.15, 0.2) is 12.2 Å². The van der Waals surface area contributed by atoms with Gasteiger partial charge in [-0.05, 0) is 12.5 Å². The largest absolute Gasteiger partial charge is 0.371 e. The maximum Gasteiger partial charge on any atom is 0.144 e. The minimum absolute atomic E-state index is 0.0991. The standard InChI is InChI=1S/C15H16Br2O2/c1-3-5-6-8-11-9-7-10-13(18-9)12(11)15(17,19-10)14(8,16)4-2/h1,5-6,8-13H,4,7H2,2H3/b6-5-/t8-,9?,10?,11?,12?,13?,14-,15+/m0/s1. The van der Waals surface area contributed by atoms with E-state index >= 15 is 0 Å². The van der Waals surface area contributed by atoms with Gasteiger partial charge in [-0.1, -0.05) is 50.8 Å². The van der Waals surface area contributed by atoms with Crippen LogP contribution in [-0.2, 0) is 9.47 Å². The van der Waals surface area contributed by atoms with Crippen molar-refractivity contribution in [3.05, 3.63) is 12.2 Å². The van der Waals surface area contributed by atoms with E-state index in [0.29, 0.717) is 23.9 Å². The first-order valence-corrected chi connectivity index (χ1v) is 8.49. The lowest BCUT2D eigenvalue weighted by molar-refractivity contribution is 0.000337. The van der Waals surface area contributed by atoms with E-state index in [1.54, 1.807) is 0 Å². The van der Waals surface area contributed by atoms with Gasteiger partial charge < -0.3 is 9.47 Å². The Labute approximate surface area is 130 Å². The first-order valence-electron chi connectivity index (χ1n) is 6.90. The molecule has 0 aromatic heterocycles. The van der Waals surface area contributed by atoms with Crippen LogP contribution < -0.4 is 0 Å². The van der Waals surface area contributed by atoms with Crippen LogP contribution in [0.5, 0.6) is 0 Å². The third-order valence-corrected chi connectivity index (χ3v) is 9.17. The van der Waals surface area contributed by atoms with Crippen LogP contribution in [0.3, 0.4) is 0 Å². The fraction of sp³-hybridized carbons (Fsp3) is 0.733. The van der Waals surface area contributed by atoms with Crippen molar-refractivity contribution in [2.75, 3.05) is 0 Å². The van der Waals surface area contributed by atoms with E-state index in [-0.39, 0.29) is 21.0 Å². The van der Waals surface area contributed by atoms with Gasteiger partial charge >= 0.3 is 0 Å². The lowest BCUT2D eigenvalue weighted by Gasteiger charge is -2.40. The van der Waals surface area contributed by atoms with Crippen molar-refractivity contribution < 1.29 is 9.47 Å². The number of hydrogen-bond donors (Lipinski definition) is 0. The summed E-state index contributed by atoms with van der Waals surface area (Å²) in [6, 6.07) is 0. The van der Waals surface area contributed by atoms with E-state index in [2.05, 4.69) is 50.8 Å². The monoisotopic (exact) mass is 386 g/mol. The summed E-state index contributed by atoms with van der Waals surface area (Å²) in [6.45, 7) is 2.21. The zero-order valence-corrected chi connectivity index (χ0v) is 13.9. The zero-order chi connectivity index (χ0) is 13.4. The Bertz CT molecular complexity index is 497. The maximum atomic E-state index is 6.39. The van der Waals surface area contributed by atoms with Crippen molar-refractivity contribution in [1.29, 1.82) is 0 Å². The third-order valence-electron chi connectivity index (χ3n) is 5.54. The van der Waals surface area contributed by atoms with Crippen LogP contribution in [0.1, 0.15) is 19.8 Å². The van der Waals surface area contributed by atoms with Crippen LogP contribution in [0, 0.1) is 30.1 Å². The molecular weight excluding hydrogens is 372 g/mol. The molecule has 0 spiro atoms. The van der Waals surface area contributed by atoms with Crippen LogP contribution in [-0.4, -0.2) is 27.1 Å². The Morgan fingerprint density at radius 1 is 1.42 bits per heavy atom. The lowest BCUT2D eigenvalue weighted by atomic mass is 9.77. The minimum Gasteiger partial charge on any atom is -0.371 e. The quantitative estimate of drug-likeness (QED) is 0.534. The molecule has 3 heterocycles. The van der Waals surface area contributed by atoms with Crippen molar-refractivity contribution in [2.45, 2.75) is 46.9 Å². The summed E-state index contributed by atoms with van der Waals surface area (Å²) in [7, 11) is 0. The summed E-state index contributed by atoms with van der Waals surface area (Å²) < 4.78 is 12.1.